The highest BCUT2D eigenvalue weighted by atomic mass is 16.5. The summed E-state index contributed by atoms with van der Waals surface area (Å²) in [4.78, 5) is 14.6. The highest BCUT2D eigenvalue weighted by molar-refractivity contribution is 5.95. The number of ether oxygens (including phenoxy) is 2. The molecule has 0 unspecified atom stereocenters. The summed E-state index contributed by atoms with van der Waals surface area (Å²) in [5.74, 6) is 1.89. The molecule has 2 fully saturated rings. The SMILES string of the molecule is CCOc1ccc(C(=O)N2CC(n3cc(C4CC4)nn3)C2)cc1OCC. The van der Waals surface area contributed by atoms with Crippen LogP contribution in [-0.4, -0.2) is 52.1 Å². The number of hydrogen-bond donors (Lipinski definition) is 0. The lowest BCUT2D eigenvalue weighted by molar-refractivity contribution is 0.0498. The van der Waals surface area contributed by atoms with Crippen molar-refractivity contribution in [3.63, 3.8) is 0 Å². The van der Waals surface area contributed by atoms with Crippen LogP contribution in [0.3, 0.4) is 0 Å². The van der Waals surface area contributed by atoms with E-state index < -0.39 is 0 Å². The predicted molar refractivity (Wildman–Crippen MR) is 95.7 cm³/mol. The first kappa shape index (κ1) is 16.9. The predicted octanol–water partition coefficient (Wildman–Crippen LogP) is 2.65. The molecule has 138 valence electrons. The molecule has 1 aromatic carbocycles. The quantitative estimate of drug-likeness (QED) is 0.763. The van der Waals surface area contributed by atoms with Gasteiger partial charge < -0.3 is 14.4 Å². The molecule has 1 aromatic heterocycles. The number of likely N-dealkylation sites (tertiary alicyclic amines) is 1. The second-order valence-electron chi connectivity index (χ2n) is 6.79. The number of carbonyl (C=O) groups excluding carboxylic acids is 1. The molecule has 0 spiro atoms. The van der Waals surface area contributed by atoms with Gasteiger partial charge in [-0.25, -0.2) is 4.68 Å². The third-order valence-electron chi connectivity index (χ3n) is 4.84. The van der Waals surface area contributed by atoms with E-state index in [-0.39, 0.29) is 11.9 Å². The molecule has 2 aromatic rings. The standard InChI is InChI=1S/C19H24N4O3/c1-3-25-17-8-7-14(9-18(17)26-4-2)19(24)22-10-15(11-22)23-12-16(20-21-23)13-5-6-13/h7-9,12-13,15H,3-6,10-11H2,1-2H3. The van der Waals surface area contributed by atoms with E-state index >= 15 is 0 Å². The summed E-state index contributed by atoms with van der Waals surface area (Å²) in [6.45, 7) is 6.24. The largest absolute Gasteiger partial charge is 0.490 e. The summed E-state index contributed by atoms with van der Waals surface area (Å²) in [7, 11) is 0. The van der Waals surface area contributed by atoms with Crippen LogP contribution in [0.5, 0.6) is 11.5 Å². The van der Waals surface area contributed by atoms with Crippen molar-refractivity contribution in [2.24, 2.45) is 0 Å². The fraction of sp³-hybridized carbons (Fsp3) is 0.526. The summed E-state index contributed by atoms with van der Waals surface area (Å²) in [5, 5.41) is 8.48. The summed E-state index contributed by atoms with van der Waals surface area (Å²) in [5.41, 5.74) is 1.70. The van der Waals surface area contributed by atoms with Crippen molar-refractivity contribution in [3.8, 4) is 11.5 Å². The molecule has 0 bridgehead atoms. The van der Waals surface area contributed by atoms with E-state index in [0.717, 1.165) is 5.69 Å². The Morgan fingerprint density at radius 1 is 1.15 bits per heavy atom. The van der Waals surface area contributed by atoms with Crippen molar-refractivity contribution in [1.29, 1.82) is 0 Å². The fourth-order valence-electron chi connectivity index (χ4n) is 3.19. The Balaban J connectivity index is 1.41. The smallest absolute Gasteiger partial charge is 0.254 e. The minimum Gasteiger partial charge on any atom is -0.490 e. The van der Waals surface area contributed by atoms with Crippen LogP contribution < -0.4 is 9.47 Å². The van der Waals surface area contributed by atoms with E-state index in [1.54, 1.807) is 18.2 Å². The molecular weight excluding hydrogens is 332 g/mol. The van der Waals surface area contributed by atoms with Gasteiger partial charge in [0.2, 0.25) is 0 Å². The summed E-state index contributed by atoms with van der Waals surface area (Å²) >= 11 is 0. The first-order valence-corrected chi connectivity index (χ1v) is 9.30. The lowest BCUT2D eigenvalue weighted by Crippen LogP contribution is -2.50. The van der Waals surface area contributed by atoms with Gasteiger partial charge in [0.1, 0.15) is 0 Å². The van der Waals surface area contributed by atoms with E-state index in [0.29, 0.717) is 49.3 Å². The summed E-state index contributed by atoms with van der Waals surface area (Å²) < 4.78 is 13.1. The van der Waals surface area contributed by atoms with Gasteiger partial charge in [-0.1, -0.05) is 5.21 Å². The second-order valence-corrected chi connectivity index (χ2v) is 6.79. The molecule has 0 N–H and O–H groups in total. The van der Waals surface area contributed by atoms with Crippen molar-refractivity contribution in [3.05, 3.63) is 35.7 Å². The van der Waals surface area contributed by atoms with E-state index in [1.807, 2.05) is 29.6 Å². The van der Waals surface area contributed by atoms with E-state index in [9.17, 15) is 4.79 Å². The Labute approximate surface area is 152 Å². The first-order valence-electron chi connectivity index (χ1n) is 9.30. The van der Waals surface area contributed by atoms with Gasteiger partial charge in [0.25, 0.3) is 5.91 Å². The van der Waals surface area contributed by atoms with Gasteiger partial charge in [-0.05, 0) is 44.9 Å². The monoisotopic (exact) mass is 356 g/mol. The maximum absolute atomic E-state index is 12.7. The van der Waals surface area contributed by atoms with E-state index in [4.69, 9.17) is 9.47 Å². The maximum Gasteiger partial charge on any atom is 0.254 e. The molecule has 2 aliphatic rings. The van der Waals surface area contributed by atoms with Crippen molar-refractivity contribution in [1.82, 2.24) is 19.9 Å². The third-order valence-corrected chi connectivity index (χ3v) is 4.84. The molecule has 1 amide bonds. The number of rotatable bonds is 7. The lowest BCUT2D eigenvalue weighted by atomic mass is 10.1. The van der Waals surface area contributed by atoms with Gasteiger partial charge in [0, 0.05) is 30.8 Å². The van der Waals surface area contributed by atoms with Crippen LogP contribution in [0.2, 0.25) is 0 Å². The van der Waals surface area contributed by atoms with Gasteiger partial charge in [-0.3, -0.25) is 4.79 Å². The molecule has 1 aliphatic heterocycles. The van der Waals surface area contributed by atoms with Crippen LogP contribution in [-0.2, 0) is 0 Å². The van der Waals surface area contributed by atoms with Crippen molar-refractivity contribution < 1.29 is 14.3 Å². The molecule has 7 heteroatoms. The molecular formula is C19H24N4O3. The van der Waals surface area contributed by atoms with Crippen molar-refractivity contribution >= 4 is 5.91 Å². The number of benzene rings is 1. The fourth-order valence-corrected chi connectivity index (χ4v) is 3.19. The van der Waals surface area contributed by atoms with Gasteiger partial charge in [-0.2, -0.15) is 0 Å². The highest BCUT2D eigenvalue weighted by Gasteiger charge is 2.35. The van der Waals surface area contributed by atoms with Gasteiger partial charge in [0.05, 0.1) is 24.9 Å². The number of carbonyl (C=O) groups is 1. The number of aromatic nitrogens is 3. The van der Waals surface area contributed by atoms with Crippen LogP contribution in [0.4, 0.5) is 0 Å². The van der Waals surface area contributed by atoms with Crippen LogP contribution >= 0.6 is 0 Å². The van der Waals surface area contributed by atoms with Crippen molar-refractivity contribution in [2.45, 2.75) is 38.6 Å². The van der Waals surface area contributed by atoms with Crippen molar-refractivity contribution in [2.75, 3.05) is 26.3 Å². The summed E-state index contributed by atoms with van der Waals surface area (Å²) in [6, 6.07) is 5.58. The lowest BCUT2D eigenvalue weighted by Gasteiger charge is -2.38. The first-order chi connectivity index (χ1) is 12.7. The Kier molecular flexibility index (Phi) is 4.53. The Bertz CT molecular complexity index is 794. The van der Waals surface area contributed by atoms with Crippen LogP contribution in [0, 0.1) is 0 Å². The van der Waals surface area contributed by atoms with Crippen LogP contribution in [0.1, 0.15) is 54.7 Å². The molecule has 2 heterocycles. The number of nitrogens with zero attached hydrogens (tertiary/aromatic N) is 4. The third kappa shape index (κ3) is 3.25. The Hall–Kier alpha value is -2.57. The molecule has 1 saturated carbocycles. The minimum absolute atomic E-state index is 0.00721. The Morgan fingerprint density at radius 3 is 2.58 bits per heavy atom. The van der Waals surface area contributed by atoms with Gasteiger partial charge >= 0.3 is 0 Å². The zero-order chi connectivity index (χ0) is 18.1. The average molecular weight is 356 g/mol. The molecule has 0 radical (unpaired) electrons. The normalized spacial score (nSPS) is 17.1. The highest BCUT2D eigenvalue weighted by Crippen LogP contribution is 2.39. The molecule has 7 nitrogen and oxygen atoms in total. The molecule has 0 atom stereocenters. The topological polar surface area (TPSA) is 69.5 Å². The molecule has 4 rings (SSSR count). The van der Waals surface area contributed by atoms with Crippen LogP contribution in [0.25, 0.3) is 0 Å². The minimum atomic E-state index is 0.00721. The molecule has 26 heavy (non-hydrogen) atoms. The zero-order valence-corrected chi connectivity index (χ0v) is 15.2. The molecule has 1 saturated heterocycles. The van der Waals surface area contributed by atoms with E-state index in [1.165, 1.54) is 12.8 Å². The maximum atomic E-state index is 12.7. The molecule has 1 aliphatic carbocycles. The van der Waals surface area contributed by atoms with E-state index in [2.05, 4.69) is 10.3 Å². The van der Waals surface area contributed by atoms with Gasteiger partial charge in [-0.15, -0.1) is 5.10 Å². The zero-order valence-electron chi connectivity index (χ0n) is 15.2. The Morgan fingerprint density at radius 2 is 1.88 bits per heavy atom. The van der Waals surface area contributed by atoms with Crippen LogP contribution in [0.15, 0.2) is 24.4 Å². The summed E-state index contributed by atoms with van der Waals surface area (Å²) in [6.07, 6.45) is 4.47. The average Bonchev–Trinajstić information content (AvgIpc) is 3.34. The number of hydrogen-bond acceptors (Lipinski definition) is 5. The second kappa shape index (κ2) is 6.97. The van der Waals surface area contributed by atoms with Gasteiger partial charge in [0.15, 0.2) is 11.5 Å². The number of amides is 1.